The van der Waals surface area contributed by atoms with Crippen molar-refractivity contribution in [2.24, 2.45) is 0 Å². The minimum absolute atomic E-state index is 0.0788. The van der Waals surface area contributed by atoms with E-state index in [0.29, 0.717) is 35.4 Å². The lowest BCUT2D eigenvalue weighted by Gasteiger charge is -2.08. The van der Waals surface area contributed by atoms with Gasteiger partial charge in [0.25, 0.3) is 5.56 Å². The molecule has 0 aliphatic heterocycles. The number of esters is 1. The Labute approximate surface area is 151 Å². The van der Waals surface area contributed by atoms with Crippen LogP contribution in [0.3, 0.4) is 0 Å². The number of rotatable bonds is 8. The van der Waals surface area contributed by atoms with E-state index in [1.807, 2.05) is 26.0 Å². The summed E-state index contributed by atoms with van der Waals surface area (Å²) in [7, 11) is 0. The highest BCUT2D eigenvalue weighted by Crippen LogP contribution is 2.19. The number of carbonyl (C=O) groups excluding carboxylic acids is 1. The molecule has 25 heavy (non-hydrogen) atoms. The van der Waals surface area contributed by atoms with Crippen LogP contribution in [0, 0.1) is 0 Å². The van der Waals surface area contributed by atoms with Crippen LogP contribution in [0.4, 0.5) is 0 Å². The second-order valence-electron chi connectivity index (χ2n) is 5.61. The van der Waals surface area contributed by atoms with E-state index >= 15 is 0 Å². The molecule has 0 spiro atoms. The lowest BCUT2D eigenvalue weighted by atomic mass is 10.1. The molecular weight excluding hydrogens is 340 g/mol. The Morgan fingerprint density at radius 3 is 2.64 bits per heavy atom. The van der Waals surface area contributed by atoms with E-state index in [1.54, 1.807) is 19.1 Å². The molecule has 0 fully saturated rings. The highest BCUT2D eigenvalue weighted by Gasteiger charge is 2.07. The normalized spacial score (nSPS) is 10.9. The third-order valence-corrected chi connectivity index (χ3v) is 4.12. The molecule has 2 rings (SSSR count). The molecule has 1 N–H and O–H groups in total. The van der Waals surface area contributed by atoms with Crippen LogP contribution in [0.15, 0.2) is 40.3 Å². The number of aromatic amines is 1. The van der Waals surface area contributed by atoms with E-state index in [9.17, 15) is 9.59 Å². The topological polar surface area (TPSA) is 81.3 Å². The monoisotopic (exact) mass is 362 g/mol. The first kappa shape index (κ1) is 19.2. The molecule has 0 saturated carbocycles. The van der Waals surface area contributed by atoms with Crippen molar-refractivity contribution in [3.05, 3.63) is 57.5 Å². The SMILES string of the molecule is CCOC(=O)c1ccc(CSc2nc(COC(C)C)cc(=O)[nH]2)cc1. The van der Waals surface area contributed by atoms with Crippen molar-refractivity contribution >= 4 is 17.7 Å². The van der Waals surface area contributed by atoms with Crippen molar-refractivity contribution in [1.82, 2.24) is 9.97 Å². The average Bonchev–Trinajstić information content (AvgIpc) is 2.58. The molecule has 0 radical (unpaired) electrons. The van der Waals surface area contributed by atoms with Gasteiger partial charge in [-0.3, -0.25) is 4.79 Å². The first-order chi connectivity index (χ1) is 12.0. The first-order valence-corrected chi connectivity index (χ1v) is 9.07. The van der Waals surface area contributed by atoms with Crippen LogP contribution < -0.4 is 5.56 Å². The van der Waals surface area contributed by atoms with Gasteiger partial charge >= 0.3 is 5.97 Å². The molecule has 0 bridgehead atoms. The minimum atomic E-state index is -0.328. The molecule has 0 aliphatic rings. The number of aromatic nitrogens is 2. The van der Waals surface area contributed by atoms with Crippen molar-refractivity contribution in [2.45, 2.75) is 44.4 Å². The van der Waals surface area contributed by atoms with Crippen molar-refractivity contribution in [3.8, 4) is 0 Å². The number of hydrogen-bond acceptors (Lipinski definition) is 6. The number of ether oxygens (including phenoxy) is 2. The molecule has 1 aromatic heterocycles. The van der Waals surface area contributed by atoms with Crippen LogP contribution in [0.5, 0.6) is 0 Å². The summed E-state index contributed by atoms with van der Waals surface area (Å²) in [4.78, 5) is 30.5. The summed E-state index contributed by atoms with van der Waals surface area (Å²) >= 11 is 1.42. The molecule has 0 saturated heterocycles. The third-order valence-electron chi connectivity index (χ3n) is 3.18. The Bertz CT molecular complexity index is 756. The maximum absolute atomic E-state index is 11.7. The van der Waals surface area contributed by atoms with Gasteiger partial charge in [0, 0.05) is 11.8 Å². The van der Waals surface area contributed by atoms with Crippen molar-refractivity contribution in [1.29, 1.82) is 0 Å². The molecule has 0 unspecified atom stereocenters. The van der Waals surface area contributed by atoms with Crippen LogP contribution in [0.2, 0.25) is 0 Å². The number of carbonyl (C=O) groups is 1. The summed E-state index contributed by atoms with van der Waals surface area (Å²) in [5.74, 6) is 0.297. The van der Waals surface area contributed by atoms with Crippen molar-refractivity contribution in [3.63, 3.8) is 0 Å². The highest BCUT2D eigenvalue weighted by atomic mass is 32.2. The first-order valence-electron chi connectivity index (χ1n) is 8.08. The molecule has 134 valence electrons. The fraction of sp³-hybridized carbons (Fsp3) is 0.389. The largest absolute Gasteiger partial charge is 0.462 e. The van der Waals surface area contributed by atoms with E-state index in [0.717, 1.165) is 5.56 Å². The summed E-state index contributed by atoms with van der Waals surface area (Å²) < 4.78 is 10.4. The van der Waals surface area contributed by atoms with Crippen LogP contribution in [0.25, 0.3) is 0 Å². The fourth-order valence-electron chi connectivity index (χ4n) is 1.98. The Morgan fingerprint density at radius 2 is 2.00 bits per heavy atom. The van der Waals surface area contributed by atoms with E-state index in [4.69, 9.17) is 9.47 Å². The predicted octanol–water partition coefficient (Wildman–Crippen LogP) is 3.16. The molecule has 1 aromatic carbocycles. The Kier molecular flexibility index (Phi) is 7.21. The van der Waals surface area contributed by atoms with E-state index in [2.05, 4.69) is 9.97 Å². The maximum atomic E-state index is 11.7. The summed E-state index contributed by atoms with van der Waals surface area (Å²) in [6, 6.07) is 8.64. The summed E-state index contributed by atoms with van der Waals surface area (Å²) in [5, 5.41) is 0.546. The molecule has 1 heterocycles. The maximum Gasteiger partial charge on any atom is 0.338 e. The standard InChI is InChI=1S/C18H22N2O4S/c1-4-23-17(22)14-7-5-13(6-8-14)11-25-18-19-15(9-16(21)20-18)10-24-12(2)3/h5-9,12H,4,10-11H2,1-3H3,(H,19,20,21). The minimum Gasteiger partial charge on any atom is -0.462 e. The second-order valence-corrected chi connectivity index (χ2v) is 6.57. The second kappa shape index (κ2) is 9.39. The van der Waals surface area contributed by atoms with Gasteiger partial charge in [-0.2, -0.15) is 0 Å². The lowest BCUT2D eigenvalue weighted by molar-refractivity contribution is 0.0526. The van der Waals surface area contributed by atoms with Crippen LogP contribution >= 0.6 is 11.8 Å². The Balaban J connectivity index is 1.98. The summed E-state index contributed by atoms with van der Waals surface area (Å²) in [6.07, 6.45) is 0.0788. The van der Waals surface area contributed by atoms with Gasteiger partial charge in [-0.25, -0.2) is 9.78 Å². The zero-order chi connectivity index (χ0) is 18.2. The molecule has 6 nitrogen and oxygen atoms in total. The van der Waals surface area contributed by atoms with Gasteiger partial charge in [0.2, 0.25) is 0 Å². The smallest absolute Gasteiger partial charge is 0.338 e. The molecule has 2 aromatic rings. The number of H-pyrrole nitrogens is 1. The van der Waals surface area contributed by atoms with E-state index in [-0.39, 0.29) is 17.6 Å². The average molecular weight is 362 g/mol. The molecule has 7 heteroatoms. The predicted molar refractivity (Wildman–Crippen MR) is 96.7 cm³/mol. The Hall–Kier alpha value is -2.12. The Morgan fingerprint density at radius 1 is 1.28 bits per heavy atom. The summed E-state index contributed by atoms with van der Waals surface area (Å²) in [6.45, 7) is 6.30. The van der Waals surface area contributed by atoms with Crippen molar-refractivity contribution in [2.75, 3.05) is 6.61 Å². The molecule has 0 amide bonds. The number of nitrogens with zero attached hydrogens (tertiary/aromatic N) is 1. The van der Waals surface area contributed by atoms with Gasteiger partial charge in [-0.15, -0.1) is 0 Å². The summed E-state index contributed by atoms with van der Waals surface area (Å²) in [5.41, 5.74) is 1.95. The number of benzene rings is 1. The van der Waals surface area contributed by atoms with Gasteiger partial charge in [0.15, 0.2) is 5.16 Å². The van der Waals surface area contributed by atoms with E-state index in [1.165, 1.54) is 17.8 Å². The van der Waals surface area contributed by atoms with Gasteiger partial charge in [-0.05, 0) is 38.5 Å². The van der Waals surface area contributed by atoms with Gasteiger partial charge < -0.3 is 14.5 Å². The fourth-order valence-corrected chi connectivity index (χ4v) is 2.83. The zero-order valence-electron chi connectivity index (χ0n) is 14.6. The molecule has 0 aliphatic carbocycles. The van der Waals surface area contributed by atoms with Gasteiger partial charge in [0.05, 0.1) is 30.6 Å². The van der Waals surface area contributed by atoms with Gasteiger partial charge in [0.1, 0.15) is 0 Å². The quantitative estimate of drug-likeness (QED) is 0.441. The van der Waals surface area contributed by atoms with Crippen LogP contribution in [-0.2, 0) is 21.8 Å². The van der Waals surface area contributed by atoms with E-state index < -0.39 is 0 Å². The molecular formula is C18H22N2O4S. The van der Waals surface area contributed by atoms with Crippen LogP contribution in [-0.4, -0.2) is 28.6 Å². The van der Waals surface area contributed by atoms with Crippen LogP contribution in [0.1, 0.15) is 42.4 Å². The number of nitrogens with one attached hydrogen (secondary N) is 1. The molecule has 0 atom stereocenters. The number of thioether (sulfide) groups is 1. The highest BCUT2D eigenvalue weighted by molar-refractivity contribution is 7.98. The zero-order valence-corrected chi connectivity index (χ0v) is 15.4. The lowest BCUT2D eigenvalue weighted by Crippen LogP contribution is -2.12. The van der Waals surface area contributed by atoms with Gasteiger partial charge in [-0.1, -0.05) is 23.9 Å². The third kappa shape index (κ3) is 6.36. The number of hydrogen-bond donors (Lipinski definition) is 1. The van der Waals surface area contributed by atoms with Crippen molar-refractivity contribution < 1.29 is 14.3 Å².